The number of rotatable bonds is 4. The molecule has 8 heteroatoms. The van der Waals surface area contributed by atoms with Crippen molar-refractivity contribution in [2.45, 2.75) is 48.6 Å². The Morgan fingerprint density at radius 2 is 1.83 bits per heavy atom. The summed E-state index contributed by atoms with van der Waals surface area (Å²) in [6.07, 6.45) is 7.83. The third-order valence-corrected chi connectivity index (χ3v) is 7.43. The van der Waals surface area contributed by atoms with Crippen LogP contribution in [0.2, 0.25) is 0 Å². The molecule has 1 saturated heterocycles. The maximum Gasteiger partial charge on any atom is 0.224 e. The molecule has 3 rings (SSSR count). The average molecular weight is 355 g/mol. The van der Waals surface area contributed by atoms with Gasteiger partial charge in [-0.05, 0) is 38.2 Å². The van der Waals surface area contributed by atoms with Gasteiger partial charge in [-0.2, -0.15) is 0 Å². The second-order valence-corrected chi connectivity index (χ2v) is 9.73. The van der Waals surface area contributed by atoms with Crippen LogP contribution in [0.25, 0.3) is 0 Å². The fourth-order valence-electron chi connectivity index (χ4n) is 3.14. The Hall–Kier alpha value is -1.15. The number of hydrogen-bond acceptors (Lipinski definition) is 6. The average Bonchev–Trinajstić information content (AvgIpc) is 2.90. The van der Waals surface area contributed by atoms with Gasteiger partial charge in [0.15, 0.2) is 15.0 Å². The molecule has 0 aromatic carbocycles. The largest absolute Gasteiger partial charge is 0.353 e. The van der Waals surface area contributed by atoms with Gasteiger partial charge in [-0.3, -0.25) is 4.79 Å². The number of sulfone groups is 1. The van der Waals surface area contributed by atoms with Crippen molar-refractivity contribution in [3.63, 3.8) is 0 Å². The third-order valence-electron chi connectivity index (χ3n) is 4.44. The second kappa shape index (κ2) is 7.17. The second-order valence-electron chi connectivity index (χ2n) is 6.23. The number of carbonyl (C=O) groups is 1. The summed E-state index contributed by atoms with van der Waals surface area (Å²) in [5, 5.41) is 4.32. The van der Waals surface area contributed by atoms with Crippen LogP contribution in [-0.4, -0.2) is 47.1 Å². The molecule has 2 aliphatic rings. The summed E-state index contributed by atoms with van der Waals surface area (Å²) in [6, 6.07) is 1.97. The SMILES string of the molecule is O=C(NC1CCC(Sc2ncccn2)CC1)C1CCS(=O)(=O)C1. The normalized spacial score (nSPS) is 30.0. The van der Waals surface area contributed by atoms with Gasteiger partial charge in [-0.25, -0.2) is 18.4 Å². The first-order valence-electron chi connectivity index (χ1n) is 7.96. The van der Waals surface area contributed by atoms with E-state index in [1.807, 2.05) is 0 Å². The van der Waals surface area contributed by atoms with Crippen molar-refractivity contribution in [1.29, 1.82) is 0 Å². The maximum atomic E-state index is 12.2. The van der Waals surface area contributed by atoms with Gasteiger partial charge in [0.05, 0.1) is 17.4 Å². The molecule has 1 saturated carbocycles. The number of thioether (sulfide) groups is 1. The van der Waals surface area contributed by atoms with Crippen LogP contribution >= 0.6 is 11.8 Å². The molecule has 1 aromatic heterocycles. The van der Waals surface area contributed by atoms with E-state index in [0.717, 1.165) is 30.8 Å². The number of amides is 1. The molecule has 0 bridgehead atoms. The van der Waals surface area contributed by atoms with E-state index in [9.17, 15) is 13.2 Å². The molecule has 2 fully saturated rings. The minimum atomic E-state index is -3.00. The fourth-order valence-corrected chi connectivity index (χ4v) is 5.93. The predicted octanol–water partition coefficient (Wildman–Crippen LogP) is 1.43. The highest BCUT2D eigenvalue weighted by atomic mass is 32.2. The van der Waals surface area contributed by atoms with Crippen LogP contribution in [0.4, 0.5) is 0 Å². The number of nitrogens with one attached hydrogen (secondary N) is 1. The van der Waals surface area contributed by atoms with E-state index in [-0.39, 0.29) is 29.4 Å². The fraction of sp³-hybridized carbons (Fsp3) is 0.667. The standard InChI is InChI=1S/C15H21N3O3S2/c19-14(11-6-9-23(20,21)10-11)18-12-2-4-13(5-3-12)22-15-16-7-1-8-17-15/h1,7-8,11-13H,2-6,9-10H2,(H,18,19). The Balaban J connectivity index is 1.43. The number of carbonyl (C=O) groups excluding carboxylic acids is 1. The highest BCUT2D eigenvalue weighted by molar-refractivity contribution is 7.99. The van der Waals surface area contributed by atoms with Gasteiger partial charge in [0, 0.05) is 23.7 Å². The number of aromatic nitrogens is 2. The maximum absolute atomic E-state index is 12.2. The van der Waals surface area contributed by atoms with Gasteiger partial charge in [0.1, 0.15) is 0 Å². The molecule has 126 valence electrons. The van der Waals surface area contributed by atoms with Crippen molar-refractivity contribution >= 4 is 27.5 Å². The molecule has 1 aromatic rings. The minimum absolute atomic E-state index is 0.00930. The molecular formula is C15H21N3O3S2. The van der Waals surface area contributed by atoms with E-state index in [0.29, 0.717) is 11.7 Å². The summed E-state index contributed by atoms with van der Waals surface area (Å²) in [6.45, 7) is 0. The lowest BCUT2D eigenvalue weighted by Gasteiger charge is -2.29. The molecule has 1 aliphatic carbocycles. The van der Waals surface area contributed by atoms with Crippen LogP contribution in [0, 0.1) is 5.92 Å². The topological polar surface area (TPSA) is 89.0 Å². The summed E-state index contributed by atoms with van der Waals surface area (Å²) in [5.41, 5.74) is 0. The molecular weight excluding hydrogens is 334 g/mol. The molecule has 1 N–H and O–H groups in total. The van der Waals surface area contributed by atoms with Crippen molar-refractivity contribution < 1.29 is 13.2 Å². The zero-order valence-electron chi connectivity index (χ0n) is 12.8. The Kier molecular flexibility index (Phi) is 5.21. The Morgan fingerprint density at radius 3 is 2.43 bits per heavy atom. The van der Waals surface area contributed by atoms with Gasteiger partial charge in [0.2, 0.25) is 5.91 Å². The quantitative estimate of drug-likeness (QED) is 0.822. The van der Waals surface area contributed by atoms with Gasteiger partial charge < -0.3 is 5.32 Å². The van der Waals surface area contributed by atoms with Crippen LogP contribution in [0.5, 0.6) is 0 Å². The Morgan fingerprint density at radius 1 is 1.13 bits per heavy atom. The number of nitrogens with zero attached hydrogens (tertiary/aromatic N) is 2. The summed E-state index contributed by atoms with van der Waals surface area (Å²) in [7, 11) is -3.00. The third kappa shape index (κ3) is 4.67. The van der Waals surface area contributed by atoms with Gasteiger partial charge in [0.25, 0.3) is 0 Å². The monoisotopic (exact) mass is 355 g/mol. The van der Waals surface area contributed by atoms with E-state index >= 15 is 0 Å². The predicted molar refractivity (Wildman–Crippen MR) is 88.8 cm³/mol. The van der Waals surface area contributed by atoms with Crippen molar-refractivity contribution in [1.82, 2.24) is 15.3 Å². The molecule has 0 spiro atoms. The van der Waals surface area contributed by atoms with Crippen molar-refractivity contribution in [3.8, 4) is 0 Å². The molecule has 23 heavy (non-hydrogen) atoms. The molecule has 1 aliphatic heterocycles. The summed E-state index contributed by atoms with van der Waals surface area (Å²) < 4.78 is 22.9. The van der Waals surface area contributed by atoms with E-state index in [1.165, 1.54) is 0 Å². The van der Waals surface area contributed by atoms with Gasteiger partial charge >= 0.3 is 0 Å². The van der Waals surface area contributed by atoms with Crippen LogP contribution in [0.3, 0.4) is 0 Å². The van der Waals surface area contributed by atoms with Crippen molar-refractivity contribution in [3.05, 3.63) is 18.5 Å². The van der Waals surface area contributed by atoms with E-state index in [4.69, 9.17) is 0 Å². The first-order chi connectivity index (χ1) is 11.0. The minimum Gasteiger partial charge on any atom is -0.353 e. The lowest BCUT2D eigenvalue weighted by molar-refractivity contribution is -0.125. The molecule has 1 unspecified atom stereocenters. The lowest BCUT2D eigenvalue weighted by atomic mass is 9.94. The van der Waals surface area contributed by atoms with Gasteiger partial charge in [-0.15, -0.1) is 0 Å². The highest BCUT2D eigenvalue weighted by Gasteiger charge is 2.34. The molecule has 0 radical (unpaired) electrons. The number of hydrogen-bond donors (Lipinski definition) is 1. The Labute approximate surface area is 140 Å². The lowest BCUT2D eigenvalue weighted by Crippen LogP contribution is -2.41. The zero-order chi connectivity index (χ0) is 16.3. The first kappa shape index (κ1) is 16.7. The van der Waals surface area contributed by atoms with Crippen molar-refractivity contribution in [2.75, 3.05) is 11.5 Å². The van der Waals surface area contributed by atoms with Crippen molar-refractivity contribution in [2.24, 2.45) is 5.92 Å². The summed E-state index contributed by atoms with van der Waals surface area (Å²) in [5.74, 6) is -0.292. The van der Waals surface area contributed by atoms with Crippen LogP contribution in [-0.2, 0) is 14.6 Å². The van der Waals surface area contributed by atoms with Crippen LogP contribution in [0.1, 0.15) is 32.1 Å². The van der Waals surface area contributed by atoms with Crippen LogP contribution in [0.15, 0.2) is 23.6 Å². The highest BCUT2D eigenvalue weighted by Crippen LogP contribution is 2.32. The molecule has 1 amide bonds. The first-order valence-corrected chi connectivity index (χ1v) is 10.7. The van der Waals surface area contributed by atoms with Gasteiger partial charge in [-0.1, -0.05) is 11.8 Å². The summed E-state index contributed by atoms with van der Waals surface area (Å²) >= 11 is 1.70. The van der Waals surface area contributed by atoms with E-state index < -0.39 is 9.84 Å². The zero-order valence-corrected chi connectivity index (χ0v) is 14.5. The van der Waals surface area contributed by atoms with Crippen LogP contribution < -0.4 is 5.32 Å². The Bertz CT molecular complexity index is 643. The molecule has 2 heterocycles. The molecule has 1 atom stereocenters. The summed E-state index contributed by atoms with van der Waals surface area (Å²) in [4.78, 5) is 20.6. The molecule has 6 nitrogen and oxygen atoms in total. The smallest absolute Gasteiger partial charge is 0.224 e. The van der Waals surface area contributed by atoms with E-state index in [2.05, 4.69) is 15.3 Å². The van der Waals surface area contributed by atoms with E-state index in [1.54, 1.807) is 30.2 Å².